The molecule has 4 heteroatoms. The molecule has 0 saturated carbocycles. The molecule has 0 aromatic heterocycles. The maximum atomic E-state index is 9.62. The number of benzene rings is 1. The summed E-state index contributed by atoms with van der Waals surface area (Å²) in [6.45, 7) is 2.75. The van der Waals surface area contributed by atoms with Crippen molar-refractivity contribution >= 4 is 0 Å². The molecular formula is C13H20N2O2. The van der Waals surface area contributed by atoms with Crippen molar-refractivity contribution in [3.8, 4) is 11.5 Å². The Morgan fingerprint density at radius 2 is 2.24 bits per heavy atom. The lowest BCUT2D eigenvalue weighted by Crippen LogP contribution is -2.35. The number of phenols is 2. The predicted molar refractivity (Wildman–Crippen MR) is 67.1 cm³/mol. The molecule has 1 fully saturated rings. The van der Waals surface area contributed by atoms with Gasteiger partial charge in [-0.15, -0.1) is 0 Å². The number of hydrogen-bond acceptors (Lipinski definition) is 4. The van der Waals surface area contributed by atoms with Gasteiger partial charge in [0.1, 0.15) is 11.5 Å². The van der Waals surface area contributed by atoms with Crippen molar-refractivity contribution in [3.63, 3.8) is 0 Å². The molecular weight excluding hydrogens is 216 g/mol. The Morgan fingerprint density at radius 3 is 2.88 bits per heavy atom. The van der Waals surface area contributed by atoms with Crippen molar-refractivity contribution in [1.82, 2.24) is 10.2 Å². The van der Waals surface area contributed by atoms with Gasteiger partial charge >= 0.3 is 0 Å². The van der Waals surface area contributed by atoms with Crippen molar-refractivity contribution in [2.24, 2.45) is 0 Å². The summed E-state index contributed by atoms with van der Waals surface area (Å²) in [5, 5.41) is 22.2. The van der Waals surface area contributed by atoms with E-state index in [0.717, 1.165) is 12.1 Å². The van der Waals surface area contributed by atoms with Crippen molar-refractivity contribution in [2.75, 3.05) is 20.1 Å². The standard InChI is InChI=1S/C13H20N2O2/c1-15-6-2-3-11(15)9-14-8-10-4-5-12(16)7-13(10)17/h4-5,7,11,14,16-17H,2-3,6,8-9H2,1H3. The van der Waals surface area contributed by atoms with Crippen molar-refractivity contribution < 1.29 is 10.2 Å². The first-order chi connectivity index (χ1) is 8.16. The molecule has 1 atom stereocenters. The molecule has 1 unspecified atom stereocenters. The van der Waals surface area contributed by atoms with E-state index in [1.165, 1.54) is 25.5 Å². The number of aromatic hydroxyl groups is 2. The van der Waals surface area contributed by atoms with E-state index in [0.29, 0.717) is 12.6 Å². The lowest BCUT2D eigenvalue weighted by atomic mass is 10.1. The molecule has 1 heterocycles. The number of nitrogens with zero attached hydrogens (tertiary/aromatic N) is 1. The molecule has 0 aliphatic carbocycles. The highest BCUT2D eigenvalue weighted by Crippen LogP contribution is 2.22. The quantitative estimate of drug-likeness (QED) is 0.737. The van der Waals surface area contributed by atoms with Crippen LogP contribution in [0.1, 0.15) is 18.4 Å². The van der Waals surface area contributed by atoms with Crippen LogP contribution < -0.4 is 5.32 Å². The molecule has 1 saturated heterocycles. The topological polar surface area (TPSA) is 55.7 Å². The molecule has 1 aliphatic heterocycles. The molecule has 0 spiro atoms. The van der Waals surface area contributed by atoms with Gasteiger partial charge in [0.15, 0.2) is 0 Å². The molecule has 17 heavy (non-hydrogen) atoms. The first-order valence-electron chi connectivity index (χ1n) is 6.08. The van der Waals surface area contributed by atoms with Crippen molar-refractivity contribution in [1.29, 1.82) is 0 Å². The van der Waals surface area contributed by atoms with Gasteiger partial charge in [0.05, 0.1) is 0 Å². The Kier molecular flexibility index (Phi) is 3.86. The summed E-state index contributed by atoms with van der Waals surface area (Å²) in [4.78, 5) is 2.36. The minimum absolute atomic E-state index is 0.0989. The monoisotopic (exact) mass is 236 g/mol. The fourth-order valence-electron chi connectivity index (χ4n) is 2.31. The summed E-state index contributed by atoms with van der Waals surface area (Å²) in [5.74, 6) is 0.249. The van der Waals surface area contributed by atoms with E-state index in [-0.39, 0.29) is 11.5 Å². The number of likely N-dealkylation sites (N-methyl/N-ethyl adjacent to an activating group) is 1. The highest BCUT2D eigenvalue weighted by atomic mass is 16.3. The maximum absolute atomic E-state index is 9.62. The maximum Gasteiger partial charge on any atom is 0.123 e. The first kappa shape index (κ1) is 12.2. The number of rotatable bonds is 4. The van der Waals surface area contributed by atoms with E-state index in [1.54, 1.807) is 12.1 Å². The second-order valence-electron chi connectivity index (χ2n) is 4.72. The van der Waals surface area contributed by atoms with Crippen LogP contribution in [0.2, 0.25) is 0 Å². The summed E-state index contributed by atoms with van der Waals surface area (Å²) < 4.78 is 0. The molecule has 4 nitrogen and oxygen atoms in total. The Bertz CT molecular complexity index is 382. The number of hydrogen-bond donors (Lipinski definition) is 3. The van der Waals surface area contributed by atoms with Gasteiger partial charge < -0.3 is 20.4 Å². The molecule has 1 aliphatic rings. The largest absolute Gasteiger partial charge is 0.508 e. The average molecular weight is 236 g/mol. The molecule has 2 rings (SSSR count). The van der Waals surface area contributed by atoms with Crippen LogP contribution in [0.15, 0.2) is 18.2 Å². The minimum atomic E-state index is 0.0989. The summed E-state index contributed by atoms with van der Waals surface area (Å²) in [7, 11) is 2.15. The normalized spacial score (nSPS) is 20.9. The zero-order chi connectivity index (χ0) is 12.3. The third kappa shape index (κ3) is 3.11. The minimum Gasteiger partial charge on any atom is -0.508 e. The van der Waals surface area contributed by atoms with Gasteiger partial charge in [-0.05, 0) is 32.5 Å². The van der Waals surface area contributed by atoms with Crippen molar-refractivity contribution in [3.05, 3.63) is 23.8 Å². The predicted octanol–water partition coefficient (Wildman–Crippen LogP) is 1.28. The zero-order valence-corrected chi connectivity index (χ0v) is 10.2. The van der Waals surface area contributed by atoms with Crippen LogP contribution in [0.25, 0.3) is 0 Å². The summed E-state index contributed by atoms with van der Waals surface area (Å²) in [6.07, 6.45) is 2.51. The summed E-state index contributed by atoms with van der Waals surface area (Å²) in [6, 6.07) is 5.32. The van der Waals surface area contributed by atoms with E-state index >= 15 is 0 Å². The van der Waals surface area contributed by atoms with E-state index < -0.39 is 0 Å². The van der Waals surface area contributed by atoms with Crippen molar-refractivity contribution in [2.45, 2.75) is 25.4 Å². The lowest BCUT2D eigenvalue weighted by molar-refractivity contribution is 0.300. The van der Waals surface area contributed by atoms with Crippen LogP contribution >= 0.6 is 0 Å². The van der Waals surface area contributed by atoms with E-state index in [9.17, 15) is 10.2 Å². The fraction of sp³-hybridized carbons (Fsp3) is 0.538. The molecule has 0 amide bonds. The lowest BCUT2D eigenvalue weighted by Gasteiger charge is -2.19. The second-order valence-corrected chi connectivity index (χ2v) is 4.72. The number of nitrogens with one attached hydrogen (secondary N) is 1. The second kappa shape index (κ2) is 5.38. The van der Waals surface area contributed by atoms with Gasteiger partial charge in [0.2, 0.25) is 0 Å². The molecule has 94 valence electrons. The molecule has 1 aromatic rings. The number of phenolic OH excluding ortho intramolecular Hbond substituents is 2. The van der Waals surface area contributed by atoms with Crippen LogP contribution in [-0.4, -0.2) is 41.3 Å². The van der Waals surface area contributed by atoms with Crippen LogP contribution in [0.5, 0.6) is 11.5 Å². The third-order valence-electron chi connectivity index (χ3n) is 3.44. The molecule has 0 bridgehead atoms. The zero-order valence-electron chi connectivity index (χ0n) is 10.2. The fourth-order valence-corrected chi connectivity index (χ4v) is 2.31. The molecule has 3 N–H and O–H groups in total. The Labute approximate surface area is 102 Å². The van der Waals surface area contributed by atoms with E-state index in [4.69, 9.17) is 0 Å². The van der Waals surface area contributed by atoms with Gasteiger partial charge in [-0.1, -0.05) is 6.07 Å². The smallest absolute Gasteiger partial charge is 0.123 e. The highest BCUT2D eigenvalue weighted by Gasteiger charge is 2.19. The SMILES string of the molecule is CN1CCCC1CNCc1ccc(O)cc1O. The molecule has 0 radical (unpaired) electrons. The van der Waals surface area contributed by atoms with Gasteiger partial charge in [-0.2, -0.15) is 0 Å². The van der Waals surface area contributed by atoms with E-state index in [1.807, 2.05) is 0 Å². The van der Waals surface area contributed by atoms with Gasteiger partial charge in [0, 0.05) is 30.8 Å². The van der Waals surface area contributed by atoms with Crippen LogP contribution in [0, 0.1) is 0 Å². The van der Waals surface area contributed by atoms with E-state index in [2.05, 4.69) is 17.3 Å². The van der Waals surface area contributed by atoms with Crippen LogP contribution in [-0.2, 0) is 6.54 Å². The average Bonchev–Trinajstić information content (AvgIpc) is 2.68. The van der Waals surface area contributed by atoms with Gasteiger partial charge in [-0.3, -0.25) is 0 Å². The van der Waals surface area contributed by atoms with Gasteiger partial charge in [-0.25, -0.2) is 0 Å². The van der Waals surface area contributed by atoms with Crippen LogP contribution in [0.4, 0.5) is 0 Å². The molecule has 1 aromatic carbocycles. The Morgan fingerprint density at radius 1 is 1.41 bits per heavy atom. The summed E-state index contributed by atoms with van der Waals surface area (Å²) >= 11 is 0. The number of likely N-dealkylation sites (tertiary alicyclic amines) is 1. The van der Waals surface area contributed by atoms with Gasteiger partial charge in [0.25, 0.3) is 0 Å². The first-order valence-corrected chi connectivity index (χ1v) is 6.08. The Balaban J connectivity index is 1.81. The Hall–Kier alpha value is -1.26. The van der Waals surface area contributed by atoms with Crippen LogP contribution in [0.3, 0.4) is 0 Å². The highest BCUT2D eigenvalue weighted by molar-refractivity contribution is 5.38. The summed E-state index contributed by atoms with van der Waals surface area (Å²) in [5.41, 5.74) is 0.823. The third-order valence-corrected chi connectivity index (χ3v) is 3.44.